The molecule has 3 aliphatic rings. The molecule has 14 heteroatoms. The minimum atomic E-state index is -5.08. The zero-order valence-corrected chi connectivity index (χ0v) is 19.8. The van der Waals surface area contributed by atoms with E-state index in [0.29, 0.717) is 18.1 Å². The number of likely N-dealkylation sites (tertiary alicyclic amines) is 2. The molecule has 1 saturated carbocycles. The summed E-state index contributed by atoms with van der Waals surface area (Å²) in [5.41, 5.74) is 2.63. The Balaban J connectivity index is 0.000000286. The third-order valence-electron chi connectivity index (χ3n) is 6.38. The normalized spacial score (nSPS) is 21.4. The highest BCUT2D eigenvalue weighted by atomic mass is 19.4. The van der Waals surface area contributed by atoms with Crippen LogP contribution in [0.1, 0.15) is 30.4 Å². The van der Waals surface area contributed by atoms with Crippen LogP contribution in [0.3, 0.4) is 0 Å². The number of carbonyl (C=O) groups is 2. The number of nitrogens with zero attached hydrogens (tertiary/aromatic N) is 2. The number of hydrogen-bond acceptors (Lipinski definition) is 6. The van der Waals surface area contributed by atoms with Crippen molar-refractivity contribution < 1.29 is 56.4 Å². The number of carboxylic acids is 2. The number of aliphatic carboxylic acids is 2. The Morgan fingerprint density at radius 2 is 1.32 bits per heavy atom. The SMILES string of the molecule is O=C(O)C(F)(F)F.O=C(O)C(F)(F)F.OCc1ccc(CN2CC3(CC(CO)CN3CC3CC3)C2)cc1. The van der Waals surface area contributed by atoms with Crippen molar-refractivity contribution in [1.29, 1.82) is 0 Å². The lowest BCUT2D eigenvalue weighted by molar-refractivity contribution is -0.193. The predicted molar refractivity (Wildman–Crippen MR) is 117 cm³/mol. The van der Waals surface area contributed by atoms with E-state index < -0.39 is 24.3 Å². The van der Waals surface area contributed by atoms with E-state index in [0.717, 1.165) is 44.1 Å². The molecule has 0 radical (unpaired) electrons. The van der Waals surface area contributed by atoms with E-state index in [4.69, 9.17) is 24.9 Å². The van der Waals surface area contributed by atoms with Gasteiger partial charge in [-0.05, 0) is 42.2 Å². The molecule has 2 heterocycles. The number of benzene rings is 1. The van der Waals surface area contributed by atoms with Crippen molar-refractivity contribution in [2.24, 2.45) is 11.8 Å². The van der Waals surface area contributed by atoms with Crippen molar-refractivity contribution >= 4 is 11.9 Å². The smallest absolute Gasteiger partial charge is 0.475 e. The molecule has 4 N–H and O–H groups in total. The van der Waals surface area contributed by atoms with Gasteiger partial charge in [-0.2, -0.15) is 26.3 Å². The summed E-state index contributed by atoms with van der Waals surface area (Å²) in [7, 11) is 0. The van der Waals surface area contributed by atoms with Crippen LogP contribution in [0.5, 0.6) is 0 Å². The fraction of sp³-hybridized carbons (Fsp3) is 0.652. The molecular formula is C23H30F6N2O6. The van der Waals surface area contributed by atoms with Crippen LogP contribution in [0.2, 0.25) is 0 Å². The Morgan fingerprint density at radius 1 is 0.865 bits per heavy atom. The molecule has 8 nitrogen and oxygen atoms in total. The largest absolute Gasteiger partial charge is 0.490 e. The number of alkyl halides is 6. The van der Waals surface area contributed by atoms with Crippen molar-refractivity contribution in [2.75, 3.05) is 32.8 Å². The lowest BCUT2D eigenvalue weighted by Gasteiger charge is -2.53. The van der Waals surface area contributed by atoms with Crippen molar-refractivity contribution in [3.05, 3.63) is 35.4 Å². The van der Waals surface area contributed by atoms with Crippen LogP contribution in [0.15, 0.2) is 24.3 Å². The minimum Gasteiger partial charge on any atom is -0.475 e. The van der Waals surface area contributed by atoms with Gasteiger partial charge in [-0.1, -0.05) is 24.3 Å². The van der Waals surface area contributed by atoms with Crippen LogP contribution in [0.4, 0.5) is 26.3 Å². The van der Waals surface area contributed by atoms with E-state index in [9.17, 15) is 31.4 Å². The van der Waals surface area contributed by atoms with Gasteiger partial charge in [-0.3, -0.25) is 9.80 Å². The highest BCUT2D eigenvalue weighted by molar-refractivity contribution is 5.73. The van der Waals surface area contributed by atoms with Crippen LogP contribution in [-0.4, -0.2) is 92.8 Å². The third kappa shape index (κ3) is 9.43. The highest BCUT2D eigenvalue weighted by Gasteiger charge is 2.53. The average Bonchev–Trinajstić information content (AvgIpc) is 3.52. The summed E-state index contributed by atoms with van der Waals surface area (Å²) in [5.74, 6) is -4.12. The summed E-state index contributed by atoms with van der Waals surface area (Å²) < 4.78 is 63.5. The van der Waals surface area contributed by atoms with E-state index in [1.54, 1.807) is 0 Å². The Kier molecular flexibility index (Phi) is 10.3. The molecule has 1 atom stereocenters. The van der Waals surface area contributed by atoms with Gasteiger partial charge in [0.15, 0.2) is 0 Å². The second-order valence-corrected chi connectivity index (χ2v) is 9.55. The summed E-state index contributed by atoms with van der Waals surface area (Å²) in [6, 6.07) is 8.29. The van der Waals surface area contributed by atoms with Crippen molar-refractivity contribution in [1.82, 2.24) is 9.80 Å². The number of rotatable bonds is 6. The molecule has 1 aliphatic carbocycles. The first-order chi connectivity index (χ1) is 17.1. The van der Waals surface area contributed by atoms with Gasteiger partial charge in [0.25, 0.3) is 0 Å². The first-order valence-corrected chi connectivity index (χ1v) is 11.5. The van der Waals surface area contributed by atoms with Crippen molar-refractivity contribution in [3.8, 4) is 0 Å². The number of carboxylic acid groups (broad SMARTS) is 2. The van der Waals surface area contributed by atoms with Gasteiger partial charge in [0.1, 0.15) is 0 Å². The summed E-state index contributed by atoms with van der Waals surface area (Å²) in [6.07, 6.45) is -6.20. The second kappa shape index (κ2) is 12.4. The van der Waals surface area contributed by atoms with Crippen LogP contribution in [-0.2, 0) is 22.7 Å². The number of aliphatic hydroxyl groups excluding tert-OH is 2. The molecule has 1 aromatic carbocycles. The molecular weight excluding hydrogens is 514 g/mol. The molecule has 37 heavy (non-hydrogen) atoms. The number of aliphatic hydroxyl groups is 2. The summed E-state index contributed by atoms with van der Waals surface area (Å²) >= 11 is 0. The van der Waals surface area contributed by atoms with E-state index >= 15 is 0 Å². The zero-order chi connectivity index (χ0) is 28.0. The number of hydrogen-bond donors (Lipinski definition) is 4. The van der Waals surface area contributed by atoms with Gasteiger partial charge in [0, 0.05) is 44.9 Å². The van der Waals surface area contributed by atoms with Crippen molar-refractivity contribution in [2.45, 2.75) is 50.3 Å². The summed E-state index contributed by atoms with van der Waals surface area (Å²) in [4.78, 5) is 23.0. The van der Waals surface area contributed by atoms with Gasteiger partial charge >= 0.3 is 24.3 Å². The lowest BCUT2D eigenvalue weighted by atomic mass is 9.84. The van der Waals surface area contributed by atoms with Gasteiger partial charge in [-0.15, -0.1) is 0 Å². The van der Waals surface area contributed by atoms with Gasteiger partial charge in [-0.25, -0.2) is 9.59 Å². The fourth-order valence-electron chi connectivity index (χ4n) is 4.47. The molecule has 0 aromatic heterocycles. The first kappa shape index (κ1) is 30.8. The Morgan fingerprint density at radius 3 is 1.70 bits per heavy atom. The summed E-state index contributed by atoms with van der Waals surface area (Å²) in [6.45, 7) is 6.06. The van der Waals surface area contributed by atoms with Gasteiger partial charge in [0.05, 0.1) is 6.61 Å². The highest BCUT2D eigenvalue weighted by Crippen LogP contribution is 2.43. The van der Waals surface area contributed by atoms with Gasteiger partial charge in [0.2, 0.25) is 0 Å². The molecule has 3 fully saturated rings. The maximum Gasteiger partial charge on any atom is 0.490 e. The second-order valence-electron chi connectivity index (χ2n) is 9.55. The third-order valence-corrected chi connectivity index (χ3v) is 6.38. The van der Waals surface area contributed by atoms with Gasteiger partial charge < -0.3 is 20.4 Å². The Hall–Kier alpha value is -2.42. The molecule has 2 saturated heterocycles. The lowest BCUT2D eigenvalue weighted by Crippen LogP contribution is -2.67. The van der Waals surface area contributed by atoms with Crippen molar-refractivity contribution in [3.63, 3.8) is 0 Å². The van der Waals surface area contributed by atoms with E-state index in [2.05, 4.69) is 21.9 Å². The Bertz CT molecular complexity index is 874. The monoisotopic (exact) mass is 544 g/mol. The van der Waals surface area contributed by atoms with Crippen LogP contribution >= 0.6 is 0 Å². The summed E-state index contributed by atoms with van der Waals surface area (Å²) in [5, 5.41) is 33.0. The molecule has 1 unspecified atom stereocenters. The quantitative estimate of drug-likeness (QED) is 0.404. The molecule has 1 aromatic rings. The van der Waals surface area contributed by atoms with Crippen LogP contribution in [0.25, 0.3) is 0 Å². The van der Waals surface area contributed by atoms with E-state index in [1.165, 1.54) is 24.9 Å². The topological polar surface area (TPSA) is 122 Å². The zero-order valence-electron chi connectivity index (χ0n) is 19.8. The minimum absolute atomic E-state index is 0.117. The fourth-order valence-corrected chi connectivity index (χ4v) is 4.47. The van der Waals surface area contributed by atoms with E-state index in [1.807, 2.05) is 12.1 Å². The maximum absolute atomic E-state index is 10.6. The molecule has 1 spiro atoms. The van der Waals surface area contributed by atoms with Crippen LogP contribution < -0.4 is 0 Å². The maximum atomic E-state index is 10.6. The molecule has 4 rings (SSSR count). The first-order valence-electron chi connectivity index (χ1n) is 11.5. The Labute approximate surface area is 209 Å². The van der Waals surface area contributed by atoms with E-state index in [-0.39, 0.29) is 6.61 Å². The standard InChI is InChI=1S/C19H28N2O2.2C2HF3O2/c22-11-17-5-3-15(4-6-17)8-20-13-19(14-20)7-18(12-23)10-21(19)9-16-1-2-16;2*3-2(4,5)1(6)7/h3-6,16,18,22-23H,1-2,7-14H2;2*(H,6,7). The average molecular weight is 544 g/mol. The molecule has 0 amide bonds. The van der Waals surface area contributed by atoms with Crippen LogP contribution in [0, 0.1) is 11.8 Å². The number of halogens is 6. The molecule has 2 aliphatic heterocycles. The molecule has 0 bridgehead atoms. The molecule has 210 valence electrons. The predicted octanol–water partition coefficient (Wildman–Crippen LogP) is 2.72.